The van der Waals surface area contributed by atoms with Gasteiger partial charge in [-0.15, -0.1) is 0 Å². The lowest BCUT2D eigenvalue weighted by Gasteiger charge is -2.20. The number of hydrogen-bond acceptors (Lipinski definition) is 3. The fraction of sp³-hybridized carbons (Fsp3) is 0.211. The molecule has 0 bridgehead atoms. The van der Waals surface area contributed by atoms with Crippen LogP contribution < -0.4 is 5.32 Å². The topological polar surface area (TPSA) is 66.5 Å². The lowest BCUT2D eigenvalue weighted by Crippen LogP contribution is -2.39. The molecule has 0 radical (unpaired) electrons. The van der Waals surface area contributed by atoms with Crippen LogP contribution in [0.25, 0.3) is 0 Å². The molecule has 2 amide bonds. The average Bonchev–Trinajstić information content (AvgIpc) is 2.60. The van der Waals surface area contributed by atoms with E-state index in [1.165, 1.54) is 11.8 Å². The van der Waals surface area contributed by atoms with Gasteiger partial charge in [0.2, 0.25) is 0 Å². The van der Waals surface area contributed by atoms with Crippen molar-refractivity contribution in [3.63, 3.8) is 0 Å². The van der Waals surface area contributed by atoms with Gasteiger partial charge >= 0.3 is 11.8 Å². The van der Waals surface area contributed by atoms with Crippen LogP contribution in [0.5, 0.6) is 0 Å². The van der Waals surface area contributed by atoms with Crippen molar-refractivity contribution in [3.05, 3.63) is 65.7 Å². The number of nitrogens with zero attached hydrogens (tertiary/aromatic N) is 1. The highest BCUT2D eigenvalue weighted by atomic mass is 16.2. The highest BCUT2D eigenvalue weighted by molar-refractivity contribution is 6.39. The molecule has 0 spiro atoms. The van der Waals surface area contributed by atoms with Crippen LogP contribution in [-0.2, 0) is 16.1 Å². The van der Waals surface area contributed by atoms with Gasteiger partial charge in [0.1, 0.15) is 0 Å². The Balaban J connectivity index is 2.06. The van der Waals surface area contributed by atoms with Crippen LogP contribution in [0.4, 0.5) is 5.69 Å². The fourth-order valence-corrected chi connectivity index (χ4v) is 2.28. The van der Waals surface area contributed by atoms with Crippen molar-refractivity contribution in [1.82, 2.24) is 4.90 Å². The number of anilines is 1. The van der Waals surface area contributed by atoms with Gasteiger partial charge in [0, 0.05) is 24.3 Å². The summed E-state index contributed by atoms with van der Waals surface area (Å²) in [6, 6.07) is 16.0. The first-order chi connectivity index (χ1) is 11.5. The van der Waals surface area contributed by atoms with Gasteiger partial charge in [-0.2, -0.15) is 0 Å². The van der Waals surface area contributed by atoms with Crippen molar-refractivity contribution in [2.45, 2.75) is 20.4 Å². The molecular formula is C19H20N2O3. The molecule has 0 aliphatic carbocycles. The van der Waals surface area contributed by atoms with Crippen molar-refractivity contribution in [2.75, 3.05) is 11.9 Å². The summed E-state index contributed by atoms with van der Waals surface area (Å²) in [5.74, 6) is -1.42. The van der Waals surface area contributed by atoms with Gasteiger partial charge in [-0.3, -0.25) is 14.4 Å². The maximum atomic E-state index is 12.3. The molecule has 0 unspecified atom stereocenters. The van der Waals surface area contributed by atoms with E-state index < -0.39 is 11.8 Å². The Morgan fingerprint density at radius 2 is 1.71 bits per heavy atom. The molecular weight excluding hydrogens is 304 g/mol. The summed E-state index contributed by atoms with van der Waals surface area (Å²) in [5, 5.41) is 2.56. The van der Waals surface area contributed by atoms with Crippen LogP contribution in [0, 0.1) is 0 Å². The number of likely N-dealkylation sites (N-methyl/N-ethyl adjacent to an activating group) is 1. The van der Waals surface area contributed by atoms with Gasteiger partial charge in [-0.05, 0) is 31.5 Å². The number of amides is 2. The normalized spacial score (nSPS) is 10.1. The molecule has 5 heteroatoms. The zero-order chi connectivity index (χ0) is 17.5. The highest BCUT2D eigenvalue weighted by Gasteiger charge is 2.21. The molecule has 0 aromatic heterocycles. The van der Waals surface area contributed by atoms with Gasteiger partial charge < -0.3 is 10.2 Å². The predicted molar refractivity (Wildman–Crippen MR) is 92.6 cm³/mol. The molecule has 0 aliphatic rings. The van der Waals surface area contributed by atoms with E-state index in [0.717, 1.165) is 5.56 Å². The quantitative estimate of drug-likeness (QED) is 0.679. The number of ketones is 1. The van der Waals surface area contributed by atoms with Crippen LogP contribution in [0.3, 0.4) is 0 Å². The lowest BCUT2D eigenvalue weighted by atomic mass is 10.1. The second-order valence-corrected chi connectivity index (χ2v) is 5.40. The monoisotopic (exact) mass is 324 g/mol. The standard InChI is InChI=1S/C19H20N2O3/c1-3-21(13-15-8-5-4-6-9-15)19(24)18(23)20-17-11-7-10-16(12-17)14(2)22/h4-12H,3,13H2,1-2H3,(H,20,23). The van der Waals surface area contributed by atoms with E-state index in [4.69, 9.17) is 0 Å². The summed E-state index contributed by atoms with van der Waals surface area (Å²) >= 11 is 0. The molecule has 0 saturated carbocycles. The summed E-state index contributed by atoms with van der Waals surface area (Å²) < 4.78 is 0. The average molecular weight is 324 g/mol. The van der Waals surface area contributed by atoms with Crippen molar-refractivity contribution < 1.29 is 14.4 Å². The molecule has 0 aliphatic heterocycles. The first kappa shape index (κ1) is 17.4. The van der Waals surface area contributed by atoms with E-state index in [9.17, 15) is 14.4 Å². The Morgan fingerprint density at radius 1 is 1.00 bits per heavy atom. The lowest BCUT2D eigenvalue weighted by molar-refractivity contribution is -0.143. The van der Waals surface area contributed by atoms with E-state index in [1.807, 2.05) is 37.3 Å². The third-order valence-electron chi connectivity index (χ3n) is 3.61. The number of rotatable bonds is 5. The van der Waals surface area contributed by atoms with Crippen LogP contribution >= 0.6 is 0 Å². The molecule has 2 rings (SSSR count). The summed E-state index contributed by atoms with van der Waals surface area (Å²) in [6.45, 7) is 4.07. The number of carbonyl (C=O) groups excluding carboxylic acids is 3. The number of benzene rings is 2. The predicted octanol–water partition coefficient (Wildman–Crippen LogP) is 2.88. The van der Waals surface area contributed by atoms with E-state index in [1.54, 1.807) is 24.3 Å². The second kappa shape index (κ2) is 8.06. The smallest absolute Gasteiger partial charge is 0.313 e. The van der Waals surface area contributed by atoms with Crippen LogP contribution in [-0.4, -0.2) is 29.0 Å². The SMILES string of the molecule is CCN(Cc1ccccc1)C(=O)C(=O)Nc1cccc(C(C)=O)c1. The number of carbonyl (C=O) groups is 3. The van der Waals surface area contributed by atoms with Gasteiger partial charge in [0.05, 0.1) is 0 Å². The third kappa shape index (κ3) is 4.52. The Morgan fingerprint density at radius 3 is 2.33 bits per heavy atom. The maximum Gasteiger partial charge on any atom is 0.313 e. The molecule has 0 heterocycles. The second-order valence-electron chi connectivity index (χ2n) is 5.40. The molecule has 1 N–H and O–H groups in total. The molecule has 0 saturated heterocycles. The van der Waals surface area contributed by atoms with Gasteiger partial charge in [-0.1, -0.05) is 42.5 Å². The zero-order valence-corrected chi connectivity index (χ0v) is 13.8. The van der Waals surface area contributed by atoms with Crippen LogP contribution in [0.1, 0.15) is 29.8 Å². The summed E-state index contributed by atoms with van der Waals surface area (Å²) in [5.41, 5.74) is 1.87. The summed E-state index contributed by atoms with van der Waals surface area (Å²) in [4.78, 5) is 37.4. The number of Topliss-reactive ketones (excluding diaryl/α,β-unsaturated/α-hetero) is 1. The minimum Gasteiger partial charge on any atom is -0.330 e. The molecule has 0 fully saturated rings. The molecule has 124 valence electrons. The largest absolute Gasteiger partial charge is 0.330 e. The third-order valence-corrected chi connectivity index (χ3v) is 3.61. The molecule has 2 aromatic rings. The van der Waals surface area contributed by atoms with Crippen molar-refractivity contribution in [2.24, 2.45) is 0 Å². The van der Waals surface area contributed by atoms with Gasteiger partial charge in [0.25, 0.3) is 0 Å². The summed E-state index contributed by atoms with van der Waals surface area (Å²) in [6.07, 6.45) is 0. The van der Waals surface area contributed by atoms with Gasteiger partial charge in [0.15, 0.2) is 5.78 Å². The molecule has 0 atom stereocenters. The number of hydrogen-bond donors (Lipinski definition) is 1. The van der Waals surface area contributed by atoms with Crippen LogP contribution in [0.15, 0.2) is 54.6 Å². The minimum absolute atomic E-state index is 0.100. The molecule has 5 nitrogen and oxygen atoms in total. The van der Waals surface area contributed by atoms with Crippen molar-refractivity contribution >= 4 is 23.3 Å². The van der Waals surface area contributed by atoms with E-state index in [0.29, 0.717) is 24.3 Å². The highest BCUT2D eigenvalue weighted by Crippen LogP contribution is 2.12. The Kier molecular flexibility index (Phi) is 5.84. The maximum absolute atomic E-state index is 12.3. The molecule has 24 heavy (non-hydrogen) atoms. The van der Waals surface area contributed by atoms with E-state index >= 15 is 0 Å². The first-order valence-corrected chi connectivity index (χ1v) is 7.76. The Bertz CT molecular complexity index is 741. The van der Waals surface area contributed by atoms with Crippen LogP contribution in [0.2, 0.25) is 0 Å². The van der Waals surface area contributed by atoms with E-state index in [2.05, 4.69) is 5.32 Å². The Hall–Kier alpha value is -2.95. The van der Waals surface area contributed by atoms with Gasteiger partial charge in [-0.25, -0.2) is 0 Å². The molecule has 2 aromatic carbocycles. The van der Waals surface area contributed by atoms with Crippen molar-refractivity contribution in [3.8, 4) is 0 Å². The minimum atomic E-state index is -0.714. The number of nitrogens with one attached hydrogen (secondary N) is 1. The zero-order valence-electron chi connectivity index (χ0n) is 13.8. The fourth-order valence-electron chi connectivity index (χ4n) is 2.28. The summed E-state index contributed by atoms with van der Waals surface area (Å²) in [7, 11) is 0. The van der Waals surface area contributed by atoms with E-state index in [-0.39, 0.29) is 5.78 Å². The Labute approximate surface area is 141 Å². The van der Waals surface area contributed by atoms with Crippen molar-refractivity contribution in [1.29, 1.82) is 0 Å². The first-order valence-electron chi connectivity index (χ1n) is 7.76.